The molecule has 0 radical (unpaired) electrons. The quantitative estimate of drug-likeness (QED) is 0.439. The number of nitrogens with zero attached hydrogens (tertiary/aromatic N) is 4. The molecule has 4 aromatic heterocycles. The van der Waals surface area contributed by atoms with E-state index in [1.807, 2.05) is 29.8 Å². The van der Waals surface area contributed by atoms with Crippen molar-refractivity contribution in [1.29, 1.82) is 0 Å². The van der Waals surface area contributed by atoms with Gasteiger partial charge in [-0.1, -0.05) is 6.07 Å². The number of fused-ring (bicyclic) bond motifs is 1. The third-order valence-electron chi connectivity index (χ3n) is 4.66. The second-order valence-corrected chi connectivity index (χ2v) is 8.10. The van der Waals surface area contributed by atoms with Crippen LogP contribution in [0.1, 0.15) is 17.3 Å². The van der Waals surface area contributed by atoms with E-state index in [2.05, 4.69) is 20.7 Å². The van der Waals surface area contributed by atoms with E-state index in [4.69, 9.17) is 4.98 Å². The van der Waals surface area contributed by atoms with Crippen molar-refractivity contribution in [1.82, 2.24) is 30.2 Å². The van der Waals surface area contributed by atoms with Crippen LogP contribution in [0.25, 0.3) is 27.5 Å². The molecule has 0 aliphatic heterocycles. The van der Waals surface area contributed by atoms with E-state index in [0.29, 0.717) is 22.5 Å². The first-order chi connectivity index (χ1) is 15.3. The first-order valence-corrected chi connectivity index (χ1v) is 10.6. The number of rotatable bonds is 7. The maximum Gasteiger partial charge on any atom is 0.401 e. The lowest BCUT2D eigenvalue weighted by molar-refractivity contribution is -0.125. The number of pyridine rings is 1. The van der Waals surface area contributed by atoms with Crippen molar-refractivity contribution in [3.05, 3.63) is 59.9 Å². The molecule has 4 aromatic rings. The predicted octanol–water partition coefficient (Wildman–Crippen LogP) is 3.79. The molecule has 11 heteroatoms. The number of aromatic nitrogens is 4. The molecule has 1 unspecified atom stereocenters. The van der Waals surface area contributed by atoms with Gasteiger partial charge in [0.1, 0.15) is 0 Å². The second-order valence-electron chi connectivity index (χ2n) is 7.15. The molecule has 2 N–H and O–H groups in total. The first kappa shape index (κ1) is 21.9. The zero-order valence-corrected chi connectivity index (χ0v) is 17.7. The minimum Gasteiger partial charge on any atom is -0.350 e. The average Bonchev–Trinajstić information content (AvgIpc) is 3.45. The summed E-state index contributed by atoms with van der Waals surface area (Å²) in [5.74, 6) is -0.405. The zero-order valence-electron chi connectivity index (χ0n) is 16.9. The van der Waals surface area contributed by atoms with Crippen LogP contribution in [0.15, 0.2) is 54.3 Å². The molecule has 0 aliphatic rings. The van der Waals surface area contributed by atoms with Crippen LogP contribution < -0.4 is 10.6 Å². The smallest absolute Gasteiger partial charge is 0.350 e. The minimum atomic E-state index is -4.30. The Morgan fingerprint density at radius 3 is 2.84 bits per heavy atom. The summed E-state index contributed by atoms with van der Waals surface area (Å²) in [6.45, 7) is 0.507. The summed E-state index contributed by atoms with van der Waals surface area (Å²) in [5, 5.41) is 11.3. The molecule has 0 aliphatic carbocycles. The summed E-state index contributed by atoms with van der Waals surface area (Å²) < 4.78 is 38.6. The van der Waals surface area contributed by atoms with Gasteiger partial charge < -0.3 is 10.6 Å². The molecule has 0 spiro atoms. The van der Waals surface area contributed by atoms with Crippen LogP contribution in [-0.2, 0) is 0 Å². The van der Waals surface area contributed by atoms with Crippen LogP contribution in [0.2, 0.25) is 0 Å². The van der Waals surface area contributed by atoms with Gasteiger partial charge in [0.2, 0.25) is 0 Å². The first-order valence-electron chi connectivity index (χ1n) is 9.73. The summed E-state index contributed by atoms with van der Waals surface area (Å²) >= 11 is 1.58. The van der Waals surface area contributed by atoms with Crippen molar-refractivity contribution in [2.45, 2.75) is 19.1 Å². The Kier molecular flexibility index (Phi) is 6.19. The molecule has 4 heterocycles. The number of thiophene rings is 1. The van der Waals surface area contributed by atoms with Gasteiger partial charge >= 0.3 is 6.18 Å². The average molecular weight is 460 g/mol. The number of halogens is 3. The highest BCUT2D eigenvalue weighted by Gasteiger charge is 2.27. The lowest BCUT2D eigenvalue weighted by Gasteiger charge is -2.16. The molecule has 0 bridgehead atoms. The fourth-order valence-corrected chi connectivity index (χ4v) is 3.74. The van der Waals surface area contributed by atoms with Crippen LogP contribution >= 0.6 is 11.3 Å². The van der Waals surface area contributed by atoms with Crippen molar-refractivity contribution in [2.75, 3.05) is 13.1 Å². The van der Waals surface area contributed by atoms with E-state index >= 15 is 0 Å². The zero-order chi connectivity index (χ0) is 22.7. The largest absolute Gasteiger partial charge is 0.401 e. The van der Waals surface area contributed by atoms with E-state index < -0.39 is 24.7 Å². The van der Waals surface area contributed by atoms with Crippen molar-refractivity contribution in [3.63, 3.8) is 0 Å². The van der Waals surface area contributed by atoms with Crippen molar-refractivity contribution in [2.24, 2.45) is 0 Å². The van der Waals surface area contributed by atoms with Gasteiger partial charge in [-0.05, 0) is 36.6 Å². The molecule has 4 rings (SSSR count). The predicted molar refractivity (Wildman–Crippen MR) is 115 cm³/mol. The van der Waals surface area contributed by atoms with Crippen molar-refractivity contribution in [3.8, 4) is 21.8 Å². The molecule has 32 heavy (non-hydrogen) atoms. The maximum absolute atomic E-state index is 12.5. The summed E-state index contributed by atoms with van der Waals surface area (Å²) in [7, 11) is 0. The molecule has 7 nitrogen and oxygen atoms in total. The fraction of sp³-hybridized carbons (Fsp3) is 0.238. The number of hydrogen-bond acceptors (Lipinski definition) is 6. The third kappa shape index (κ3) is 5.11. The van der Waals surface area contributed by atoms with Gasteiger partial charge in [0.25, 0.3) is 5.91 Å². The Labute approximate surface area is 185 Å². The van der Waals surface area contributed by atoms with E-state index in [9.17, 15) is 18.0 Å². The topological polar surface area (TPSA) is 84.2 Å². The van der Waals surface area contributed by atoms with Crippen molar-refractivity contribution < 1.29 is 18.0 Å². The van der Waals surface area contributed by atoms with Gasteiger partial charge in [-0.3, -0.25) is 9.78 Å². The minimum absolute atomic E-state index is 0.0506. The Balaban J connectivity index is 1.51. The van der Waals surface area contributed by atoms with Crippen LogP contribution in [-0.4, -0.2) is 50.8 Å². The molecular formula is C21H19F3N6OS. The summed E-state index contributed by atoms with van der Waals surface area (Å²) in [4.78, 5) is 22.6. The van der Waals surface area contributed by atoms with Crippen LogP contribution in [0, 0.1) is 0 Å². The lowest BCUT2D eigenvalue weighted by atomic mass is 10.1. The van der Waals surface area contributed by atoms with Gasteiger partial charge in [0.05, 0.1) is 34.6 Å². The molecule has 0 saturated carbocycles. The number of hydrogen-bond donors (Lipinski definition) is 2. The molecule has 166 valence electrons. The van der Waals surface area contributed by atoms with E-state index in [-0.39, 0.29) is 6.54 Å². The third-order valence-corrected chi connectivity index (χ3v) is 5.55. The van der Waals surface area contributed by atoms with Crippen molar-refractivity contribution >= 4 is 22.9 Å². The monoisotopic (exact) mass is 460 g/mol. The number of carbonyl (C=O) groups is 1. The molecule has 0 saturated heterocycles. The maximum atomic E-state index is 12.5. The SMILES string of the molecule is CC(CNC(=O)c1ccnc(-c2cnn3ccc(-c4cccs4)nc23)c1)NCC(F)(F)F. The molecule has 1 atom stereocenters. The van der Waals surface area contributed by atoms with Gasteiger partial charge in [-0.2, -0.15) is 18.3 Å². The molecule has 1 amide bonds. The molecule has 0 aromatic carbocycles. The number of nitrogens with one attached hydrogen (secondary N) is 2. The van der Waals surface area contributed by atoms with Gasteiger partial charge in [0.15, 0.2) is 5.65 Å². The number of alkyl halides is 3. The van der Waals surface area contributed by atoms with Crippen LogP contribution in [0.5, 0.6) is 0 Å². The summed E-state index contributed by atoms with van der Waals surface area (Å²) in [5.41, 5.74) is 2.94. The number of amides is 1. The molecule has 0 fully saturated rings. The van der Waals surface area contributed by atoms with Gasteiger partial charge in [-0.15, -0.1) is 11.3 Å². The normalized spacial score (nSPS) is 12.8. The Bertz CT molecular complexity index is 1220. The molecular weight excluding hydrogens is 441 g/mol. The highest BCUT2D eigenvalue weighted by molar-refractivity contribution is 7.13. The van der Waals surface area contributed by atoms with Gasteiger partial charge in [0, 0.05) is 30.5 Å². The van der Waals surface area contributed by atoms with E-state index in [1.165, 1.54) is 6.20 Å². The standard InChI is InChI=1S/C21H19F3N6OS/c1-13(27-12-21(22,23)24)10-26-20(31)14-4-6-25-17(9-14)15-11-28-30-7-5-16(29-19(15)30)18-3-2-8-32-18/h2-9,11,13,27H,10,12H2,1H3,(H,26,31). The fourth-order valence-electron chi connectivity index (χ4n) is 3.04. The second kappa shape index (κ2) is 9.05. The highest BCUT2D eigenvalue weighted by atomic mass is 32.1. The van der Waals surface area contributed by atoms with E-state index in [0.717, 1.165) is 10.6 Å². The Morgan fingerprint density at radius 2 is 2.09 bits per heavy atom. The highest BCUT2D eigenvalue weighted by Crippen LogP contribution is 2.27. The Morgan fingerprint density at radius 1 is 1.25 bits per heavy atom. The summed E-state index contributed by atoms with van der Waals surface area (Å²) in [6, 6.07) is 8.42. The van der Waals surface area contributed by atoms with Gasteiger partial charge in [-0.25, -0.2) is 9.50 Å². The van der Waals surface area contributed by atoms with Crippen LogP contribution in [0.3, 0.4) is 0 Å². The lowest BCUT2D eigenvalue weighted by Crippen LogP contribution is -2.42. The Hall–Kier alpha value is -3.31. The summed E-state index contributed by atoms with van der Waals surface area (Å²) in [6.07, 6.45) is 0.646. The van der Waals surface area contributed by atoms with E-state index in [1.54, 1.807) is 41.1 Å². The van der Waals surface area contributed by atoms with Crippen LogP contribution in [0.4, 0.5) is 13.2 Å². The number of carbonyl (C=O) groups excluding carboxylic acids is 1.